The molecule has 0 aliphatic carbocycles. The predicted molar refractivity (Wildman–Crippen MR) is 84.3 cm³/mol. The second-order valence-corrected chi connectivity index (χ2v) is 4.80. The summed E-state index contributed by atoms with van der Waals surface area (Å²) in [6.07, 6.45) is 4.73. The van der Waals surface area contributed by atoms with E-state index < -0.39 is 0 Å². The fourth-order valence-electron chi connectivity index (χ4n) is 2.09. The van der Waals surface area contributed by atoms with E-state index in [0.29, 0.717) is 23.7 Å². The molecule has 0 unspecified atom stereocenters. The maximum Gasteiger partial charge on any atom is 0.256 e. The van der Waals surface area contributed by atoms with E-state index in [1.54, 1.807) is 41.5 Å². The Bertz CT molecular complexity index is 784. The standard InChI is InChI=1S/C16H15N5O2/c1-23-14-3-2-8-18-15(14)20-16(22)13-6-4-12(5-7-13)9-21-11-17-10-19-21/h2-8,10-11H,9H2,1H3,(H,18,20,22). The number of carbonyl (C=O) groups excluding carboxylic acids is 1. The van der Waals surface area contributed by atoms with E-state index in [0.717, 1.165) is 5.56 Å². The first-order valence-corrected chi connectivity index (χ1v) is 6.98. The summed E-state index contributed by atoms with van der Waals surface area (Å²) in [4.78, 5) is 20.3. The van der Waals surface area contributed by atoms with Gasteiger partial charge < -0.3 is 10.1 Å². The van der Waals surface area contributed by atoms with Crippen LogP contribution in [0.1, 0.15) is 15.9 Å². The summed E-state index contributed by atoms with van der Waals surface area (Å²) < 4.78 is 6.88. The van der Waals surface area contributed by atoms with Crippen molar-refractivity contribution in [3.63, 3.8) is 0 Å². The molecule has 0 aliphatic heterocycles. The van der Waals surface area contributed by atoms with E-state index in [9.17, 15) is 4.79 Å². The van der Waals surface area contributed by atoms with Gasteiger partial charge in [-0.2, -0.15) is 5.10 Å². The Morgan fingerprint density at radius 2 is 2.09 bits per heavy atom. The topological polar surface area (TPSA) is 81.9 Å². The van der Waals surface area contributed by atoms with E-state index >= 15 is 0 Å². The number of aromatic nitrogens is 4. The van der Waals surface area contributed by atoms with Crippen molar-refractivity contribution in [3.05, 3.63) is 66.4 Å². The van der Waals surface area contributed by atoms with Gasteiger partial charge >= 0.3 is 0 Å². The van der Waals surface area contributed by atoms with Crippen molar-refractivity contribution in [1.82, 2.24) is 19.7 Å². The van der Waals surface area contributed by atoms with Crippen molar-refractivity contribution in [2.24, 2.45) is 0 Å². The van der Waals surface area contributed by atoms with E-state index in [2.05, 4.69) is 20.4 Å². The van der Waals surface area contributed by atoms with Crippen molar-refractivity contribution in [2.45, 2.75) is 6.54 Å². The van der Waals surface area contributed by atoms with Crippen molar-refractivity contribution < 1.29 is 9.53 Å². The Hall–Kier alpha value is -3.22. The van der Waals surface area contributed by atoms with Gasteiger partial charge in [0.25, 0.3) is 5.91 Å². The number of carbonyl (C=O) groups is 1. The zero-order valence-electron chi connectivity index (χ0n) is 12.5. The Kier molecular flexibility index (Phi) is 4.28. The normalized spacial score (nSPS) is 10.3. The maximum atomic E-state index is 12.3. The number of benzene rings is 1. The van der Waals surface area contributed by atoms with Gasteiger partial charge in [-0.25, -0.2) is 14.6 Å². The quantitative estimate of drug-likeness (QED) is 0.779. The van der Waals surface area contributed by atoms with Crippen LogP contribution in [-0.4, -0.2) is 32.8 Å². The third-order valence-corrected chi connectivity index (χ3v) is 3.25. The molecule has 0 aliphatic rings. The number of hydrogen-bond acceptors (Lipinski definition) is 5. The minimum absolute atomic E-state index is 0.241. The Morgan fingerprint density at radius 1 is 1.26 bits per heavy atom. The first kappa shape index (κ1) is 14.7. The highest BCUT2D eigenvalue weighted by molar-refractivity contribution is 6.04. The van der Waals surface area contributed by atoms with Crippen LogP contribution in [-0.2, 0) is 6.54 Å². The van der Waals surface area contributed by atoms with Gasteiger partial charge in [0.15, 0.2) is 11.6 Å². The molecule has 0 atom stereocenters. The second-order valence-electron chi connectivity index (χ2n) is 4.80. The molecule has 3 rings (SSSR count). The molecule has 1 amide bonds. The molecule has 7 heteroatoms. The molecule has 0 fully saturated rings. The molecule has 116 valence electrons. The molecular formula is C16H15N5O2. The lowest BCUT2D eigenvalue weighted by molar-refractivity contribution is 0.102. The Labute approximate surface area is 133 Å². The third-order valence-electron chi connectivity index (χ3n) is 3.25. The first-order chi connectivity index (χ1) is 11.3. The second kappa shape index (κ2) is 6.69. The van der Waals surface area contributed by atoms with E-state index in [-0.39, 0.29) is 5.91 Å². The molecule has 0 spiro atoms. The molecule has 2 heterocycles. The average molecular weight is 309 g/mol. The van der Waals surface area contributed by atoms with Crippen LogP contribution < -0.4 is 10.1 Å². The van der Waals surface area contributed by atoms with Crippen molar-refractivity contribution in [1.29, 1.82) is 0 Å². The van der Waals surface area contributed by atoms with Crippen LogP contribution in [0.15, 0.2) is 55.2 Å². The van der Waals surface area contributed by atoms with Crippen molar-refractivity contribution in [3.8, 4) is 5.75 Å². The zero-order chi connectivity index (χ0) is 16.1. The van der Waals surface area contributed by atoms with E-state index in [1.165, 1.54) is 13.4 Å². The zero-order valence-corrected chi connectivity index (χ0v) is 12.5. The van der Waals surface area contributed by atoms with Crippen LogP contribution in [0, 0.1) is 0 Å². The van der Waals surface area contributed by atoms with Crippen LogP contribution in [0.5, 0.6) is 5.75 Å². The Balaban J connectivity index is 1.70. The molecule has 0 saturated heterocycles. The van der Waals surface area contributed by atoms with Crippen molar-refractivity contribution >= 4 is 11.7 Å². The Morgan fingerprint density at radius 3 is 2.78 bits per heavy atom. The van der Waals surface area contributed by atoms with Crippen LogP contribution >= 0.6 is 0 Å². The predicted octanol–water partition coefficient (Wildman–Crippen LogP) is 1.98. The summed E-state index contributed by atoms with van der Waals surface area (Å²) in [6, 6.07) is 10.8. The summed E-state index contributed by atoms with van der Waals surface area (Å²) in [6.45, 7) is 0.607. The van der Waals surface area contributed by atoms with E-state index in [1.807, 2.05) is 12.1 Å². The molecule has 0 saturated carbocycles. The van der Waals surface area contributed by atoms with Gasteiger partial charge in [-0.15, -0.1) is 0 Å². The SMILES string of the molecule is COc1cccnc1NC(=O)c1ccc(Cn2cncn2)cc1. The molecule has 3 aromatic rings. The number of nitrogens with one attached hydrogen (secondary N) is 1. The molecule has 1 aromatic carbocycles. The van der Waals surface area contributed by atoms with Gasteiger partial charge in [-0.3, -0.25) is 4.79 Å². The van der Waals surface area contributed by atoms with Crippen LogP contribution in [0.2, 0.25) is 0 Å². The molecule has 0 bridgehead atoms. The minimum atomic E-state index is -0.241. The molecule has 0 radical (unpaired) electrons. The van der Waals surface area contributed by atoms with Gasteiger partial charge in [0.1, 0.15) is 12.7 Å². The monoisotopic (exact) mass is 309 g/mol. The fraction of sp³-hybridized carbons (Fsp3) is 0.125. The summed E-state index contributed by atoms with van der Waals surface area (Å²) >= 11 is 0. The lowest BCUT2D eigenvalue weighted by Gasteiger charge is -2.09. The third kappa shape index (κ3) is 3.52. The number of anilines is 1. The van der Waals surface area contributed by atoms with Crippen molar-refractivity contribution in [2.75, 3.05) is 12.4 Å². The highest BCUT2D eigenvalue weighted by Gasteiger charge is 2.10. The smallest absolute Gasteiger partial charge is 0.256 e. The largest absolute Gasteiger partial charge is 0.493 e. The summed E-state index contributed by atoms with van der Waals surface area (Å²) in [5.74, 6) is 0.671. The summed E-state index contributed by atoms with van der Waals surface area (Å²) in [5.41, 5.74) is 1.57. The summed E-state index contributed by atoms with van der Waals surface area (Å²) in [7, 11) is 1.53. The van der Waals surface area contributed by atoms with Gasteiger partial charge in [0, 0.05) is 11.8 Å². The average Bonchev–Trinajstić information content (AvgIpc) is 3.09. The molecule has 23 heavy (non-hydrogen) atoms. The number of methoxy groups -OCH3 is 1. The lowest BCUT2D eigenvalue weighted by atomic mass is 10.1. The number of rotatable bonds is 5. The van der Waals surface area contributed by atoms with Crippen LogP contribution in [0.25, 0.3) is 0 Å². The van der Waals surface area contributed by atoms with Crippen LogP contribution in [0.4, 0.5) is 5.82 Å². The minimum Gasteiger partial charge on any atom is -0.493 e. The highest BCUT2D eigenvalue weighted by atomic mass is 16.5. The number of amides is 1. The molecule has 2 aromatic heterocycles. The number of nitrogens with zero attached hydrogens (tertiary/aromatic N) is 4. The van der Waals surface area contributed by atoms with Gasteiger partial charge in [0.05, 0.1) is 13.7 Å². The van der Waals surface area contributed by atoms with Gasteiger partial charge in [0.2, 0.25) is 0 Å². The summed E-state index contributed by atoms with van der Waals surface area (Å²) in [5, 5.41) is 6.79. The maximum absolute atomic E-state index is 12.3. The molecule has 1 N–H and O–H groups in total. The first-order valence-electron chi connectivity index (χ1n) is 6.98. The van der Waals surface area contributed by atoms with Gasteiger partial charge in [-0.05, 0) is 29.8 Å². The molecule has 7 nitrogen and oxygen atoms in total. The number of pyridine rings is 1. The highest BCUT2D eigenvalue weighted by Crippen LogP contribution is 2.20. The van der Waals surface area contributed by atoms with Crippen LogP contribution in [0.3, 0.4) is 0 Å². The van der Waals surface area contributed by atoms with E-state index in [4.69, 9.17) is 4.74 Å². The number of ether oxygens (including phenoxy) is 1. The number of hydrogen-bond donors (Lipinski definition) is 1. The fourth-order valence-corrected chi connectivity index (χ4v) is 2.09. The molecular weight excluding hydrogens is 294 g/mol. The van der Waals surface area contributed by atoms with Gasteiger partial charge in [-0.1, -0.05) is 12.1 Å². The lowest BCUT2D eigenvalue weighted by Crippen LogP contribution is -2.13.